The van der Waals surface area contributed by atoms with Crippen LogP contribution >= 0.6 is 0 Å². The van der Waals surface area contributed by atoms with Gasteiger partial charge in [0.2, 0.25) is 0 Å². The van der Waals surface area contributed by atoms with Gasteiger partial charge in [-0.1, -0.05) is 10.4 Å². The van der Waals surface area contributed by atoms with Crippen molar-refractivity contribution < 1.29 is 13.7 Å². The molecule has 128 valence electrons. The van der Waals surface area contributed by atoms with Gasteiger partial charge in [0.15, 0.2) is 17.3 Å². The van der Waals surface area contributed by atoms with E-state index in [2.05, 4.69) is 20.5 Å². The van der Waals surface area contributed by atoms with E-state index in [-0.39, 0.29) is 11.9 Å². The van der Waals surface area contributed by atoms with Crippen LogP contribution in [0.1, 0.15) is 47.6 Å². The molecule has 5 rings (SSSR count). The van der Waals surface area contributed by atoms with Crippen LogP contribution in [0.3, 0.4) is 0 Å². The van der Waals surface area contributed by atoms with Gasteiger partial charge in [-0.15, -0.1) is 5.10 Å². The lowest BCUT2D eigenvalue weighted by Gasteiger charge is -2.14. The number of furan rings is 1. The molecule has 1 atom stereocenters. The second kappa shape index (κ2) is 5.54. The van der Waals surface area contributed by atoms with E-state index in [1.54, 1.807) is 27.9 Å². The number of amides is 1. The quantitative estimate of drug-likeness (QED) is 0.714. The number of likely N-dealkylation sites (tertiary alicyclic amines) is 1. The van der Waals surface area contributed by atoms with E-state index >= 15 is 0 Å². The minimum atomic E-state index is -0.0983. The van der Waals surface area contributed by atoms with Gasteiger partial charge in [0.05, 0.1) is 18.5 Å². The Hall–Kier alpha value is -2.97. The van der Waals surface area contributed by atoms with Crippen molar-refractivity contribution in [1.82, 2.24) is 30.0 Å². The molecule has 25 heavy (non-hydrogen) atoms. The molecular weight excluding hydrogens is 324 g/mol. The molecule has 1 saturated carbocycles. The number of rotatable bonds is 4. The standard InChI is InChI=1S/C16H16N6O3/c23-16(13-2-1-7-24-13)21-6-5-11(8-21)22-9-12(18-20-22)15-17-14(19-25-15)10-3-4-10/h1-2,7,9-11H,3-6,8H2/t11-/m0/s1. The molecule has 1 aliphatic carbocycles. The topological polar surface area (TPSA) is 103 Å². The zero-order chi connectivity index (χ0) is 16.8. The predicted molar refractivity (Wildman–Crippen MR) is 83.6 cm³/mol. The number of hydrogen-bond donors (Lipinski definition) is 0. The van der Waals surface area contributed by atoms with Crippen LogP contribution in [0.5, 0.6) is 0 Å². The molecule has 2 fully saturated rings. The number of nitrogens with zero attached hydrogens (tertiary/aromatic N) is 6. The maximum absolute atomic E-state index is 12.3. The fourth-order valence-electron chi connectivity index (χ4n) is 3.10. The summed E-state index contributed by atoms with van der Waals surface area (Å²) < 4.78 is 12.2. The van der Waals surface area contributed by atoms with Gasteiger partial charge in [-0.2, -0.15) is 4.98 Å². The van der Waals surface area contributed by atoms with Crippen LogP contribution in [-0.2, 0) is 0 Å². The van der Waals surface area contributed by atoms with E-state index in [0.717, 1.165) is 25.1 Å². The van der Waals surface area contributed by atoms with E-state index in [4.69, 9.17) is 8.94 Å². The molecule has 1 amide bonds. The molecule has 2 aliphatic rings. The molecule has 3 aromatic heterocycles. The molecule has 0 N–H and O–H groups in total. The van der Waals surface area contributed by atoms with Crippen molar-refractivity contribution in [1.29, 1.82) is 0 Å². The van der Waals surface area contributed by atoms with Crippen molar-refractivity contribution >= 4 is 5.91 Å². The minimum absolute atomic E-state index is 0.0750. The fourth-order valence-corrected chi connectivity index (χ4v) is 3.10. The van der Waals surface area contributed by atoms with Crippen LogP contribution < -0.4 is 0 Å². The van der Waals surface area contributed by atoms with Crippen LogP contribution in [0, 0.1) is 0 Å². The molecule has 0 spiro atoms. The zero-order valence-corrected chi connectivity index (χ0v) is 13.4. The normalized spacial score (nSPS) is 20.3. The predicted octanol–water partition coefficient (Wildman–Crippen LogP) is 1.89. The van der Waals surface area contributed by atoms with Crippen LogP contribution in [0.15, 0.2) is 33.5 Å². The van der Waals surface area contributed by atoms with Crippen molar-refractivity contribution in [2.45, 2.75) is 31.2 Å². The summed E-state index contributed by atoms with van der Waals surface area (Å²) in [6, 6.07) is 3.46. The lowest BCUT2D eigenvalue weighted by atomic mass is 10.3. The maximum Gasteiger partial charge on any atom is 0.289 e. The second-order valence-corrected chi connectivity index (χ2v) is 6.49. The van der Waals surface area contributed by atoms with Gasteiger partial charge < -0.3 is 13.8 Å². The Morgan fingerprint density at radius 3 is 3.00 bits per heavy atom. The van der Waals surface area contributed by atoms with Gasteiger partial charge in [-0.25, -0.2) is 4.68 Å². The van der Waals surface area contributed by atoms with E-state index < -0.39 is 0 Å². The van der Waals surface area contributed by atoms with Crippen molar-refractivity contribution in [2.75, 3.05) is 13.1 Å². The SMILES string of the molecule is O=C(c1ccco1)N1CC[C@H](n2cc(-c3nc(C4CC4)no3)nn2)C1. The van der Waals surface area contributed by atoms with Crippen molar-refractivity contribution in [3.05, 3.63) is 36.2 Å². The maximum atomic E-state index is 12.3. The molecule has 1 aliphatic heterocycles. The minimum Gasteiger partial charge on any atom is -0.459 e. The first kappa shape index (κ1) is 14.4. The van der Waals surface area contributed by atoms with Crippen LogP contribution in [0.2, 0.25) is 0 Å². The Labute approximate surface area is 142 Å². The fraction of sp³-hybridized carbons (Fsp3) is 0.438. The Kier molecular flexibility index (Phi) is 3.19. The molecule has 9 nitrogen and oxygen atoms in total. The lowest BCUT2D eigenvalue weighted by Crippen LogP contribution is -2.28. The summed E-state index contributed by atoms with van der Waals surface area (Å²) in [4.78, 5) is 18.5. The highest BCUT2D eigenvalue weighted by molar-refractivity contribution is 5.91. The molecule has 1 saturated heterocycles. The van der Waals surface area contributed by atoms with Gasteiger partial charge in [-0.05, 0) is 31.4 Å². The van der Waals surface area contributed by atoms with Gasteiger partial charge >= 0.3 is 0 Å². The van der Waals surface area contributed by atoms with E-state index in [0.29, 0.717) is 36.4 Å². The number of carbonyl (C=O) groups is 1. The second-order valence-electron chi connectivity index (χ2n) is 6.49. The Morgan fingerprint density at radius 2 is 2.20 bits per heavy atom. The van der Waals surface area contributed by atoms with Crippen LogP contribution in [-0.4, -0.2) is 49.0 Å². The summed E-state index contributed by atoms with van der Waals surface area (Å²) in [6.07, 6.45) is 6.35. The Morgan fingerprint density at radius 1 is 1.28 bits per heavy atom. The van der Waals surface area contributed by atoms with Crippen LogP contribution in [0.4, 0.5) is 0 Å². The summed E-state index contributed by atoms with van der Waals surface area (Å²) in [5.41, 5.74) is 0.565. The third kappa shape index (κ3) is 2.61. The lowest BCUT2D eigenvalue weighted by molar-refractivity contribution is 0.0755. The molecule has 0 unspecified atom stereocenters. The number of aromatic nitrogens is 5. The molecule has 0 aromatic carbocycles. The molecule has 9 heteroatoms. The average molecular weight is 340 g/mol. The third-order valence-corrected chi connectivity index (χ3v) is 4.67. The Balaban J connectivity index is 1.29. The molecule has 4 heterocycles. The third-order valence-electron chi connectivity index (χ3n) is 4.67. The summed E-state index contributed by atoms with van der Waals surface area (Å²) in [7, 11) is 0. The number of carbonyl (C=O) groups excluding carboxylic acids is 1. The van der Waals surface area contributed by atoms with Crippen molar-refractivity contribution in [3.63, 3.8) is 0 Å². The molecule has 0 radical (unpaired) electrons. The first-order valence-corrected chi connectivity index (χ1v) is 8.36. The largest absolute Gasteiger partial charge is 0.459 e. The first-order valence-electron chi connectivity index (χ1n) is 8.36. The molecular formula is C16H16N6O3. The van der Waals surface area contributed by atoms with Crippen LogP contribution in [0.25, 0.3) is 11.6 Å². The summed E-state index contributed by atoms with van der Waals surface area (Å²) in [5.74, 6) is 1.84. The highest BCUT2D eigenvalue weighted by Gasteiger charge is 2.31. The van der Waals surface area contributed by atoms with Crippen molar-refractivity contribution in [3.8, 4) is 11.6 Å². The van der Waals surface area contributed by atoms with Gasteiger partial charge in [-0.3, -0.25) is 4.79 Å². The monoisotopic (exact) mass is 340 g/mol. The first-order chi connectivity index (χ1) is 12.3. The van der Waals surface area contributed by atoms with E-state index in [9.17, 15) is 4.79 Å². The smallest absolute Gasteiger partial charge is 0.289 e. The van der Waals surface area contributed by atoms with Gasteiger partial charge in [0.1, 0.15) is 0 Å². The molecule has 0 bridgehead atoms. The average Bonchev–Trinajstić information content (AvgIpc) is 3.16. The van der Waals surface area contributed by atoms with Gasteiger partial charge in [0, 0.05) is 19.0 Å². The molecule has 3 aromatic rings. The highest BCUT2D eigenvalue weighted by atomic mass is 16.5. The summed E-state index contributed by atoms with van der Waals surface area (Å²) in [6.45, 7) is 1.23. The number of hydrogen-bond acceptors (Lipinski definition) is 7. The van der Waals surface area contributed by atoms with Gasteiger partial charge in [0.25, 0.3) is 11.8 Å². The Bertz CT molecular complexity index is 895. The summed E-state index contributed by atoms with van der Waals surface area (Å²) in [5, 5.41) is 12.3. The van der Waals surface area contributed by atoms with E-state index in [1.165, 1.54) is 6.26 Å². The van der Waals surface area contributed by atoms with Crippen molar-refractivity contribution in [2.24, 2.45) is 0 Å². The summed E-state index contributed by atoms with van der Waals surface area (Å²) >= 11 is 0. The van der Waals surface area contributed by atoms with E-state index in [1.807, 2.05) is 0 Å². The zero-order valence-electron chi connectivity index (χ0n) is 13.4. The highest BCUT2D eigenvalue weighted by Crippen LogP contribution is 2.38.